The lowest BCUT2D eigenvalue weighted by Gasteiger charge is -2.22. The highest BCUT2D eigenvalue weighted by Gasteiger charge is 2.21. The van der Waals surface area contributed by atoms with Crippen molar-refractivity contribution in [3.05, 3.63) is 30.1 Å². The summed E-state index contributed by atoms with van der Waals surface area (Å²) in [6, 6.07) is 7.78. The van der Waals surface area contributed by atoms with E-state index in [-0.39, 0.29) is 30.7 Å². The van der Waals surface area contributed by atoms with E-state index in [2.05, 4.69) is 20.6 Å². The minimum Gasteiger partial charge on any atom is -0.366 e. The summed E-state index contributed by atoms with van der Waals surface area (Å²) in [6.07, 6.45) is -0.405. The van der Waals surface area contributed by atoms with Gasteiger partial charge in [0.2, 0.25) is 0 Å². The molecular formula is C13H18Cl2N4O2. The summed E-state index contributed by atoms with van der Waals surface area (Å²) in [5, 5.41) is 5.96. The van der Waals surface area contributed by atoms with Crippen LogP contribution in [-0.4, -0.2) is 41.7 Å². The molecule has 2 aromatic rings. The molecule has 8 heteroatoms. The number of aromatic amines is 1. The van der Waals surface area contributed by atoms with Crippen LogP contribution in [0.3, 0.4) is 0 Å². The predicted octanol–water partition coefficient (Wildman–Crippen LogP) is 1.01. The highest BCUT2D eigenvalue weighted by atomic mass is 35.5. The lowest BCUT2D eigenvalue weighted by Crippen LogP contribution is -2.47. The standard InChI is InChI=1S/C13H16N4O2.2ClH/c18-13(11-7-14-5-6-19-11)15-8-12-16-9-3-1-2-4-10(9)17-12;;/h1-4,11,14H,5-8H2,(H,15,18)(H,16,17);2*1H. The van der Waals surface area contributed by atoms with Gasteiger partial charge in [0.1, 0.15) is 11.9 Å². The zero-order valence-corrected chi connectivity index (χ0v) is 12.9. The van der Waals surface area contributed by atoms with E-state index in [9.17, 15) is 4.79 Å². The van der Waals surface area contributed by atoms with E-state index < -0.39 is 6.10 Å². The van der Waals surface area contributed by atoms with Gasteiger partial charge in [0.15, 0.2) is 0 Å². The fourth-order valence-corrected chi connectivity index (χ4v) is 2.11. The molecular weight excluding hydrogens is 315 g/mol. The van der Waals surface area contributed by atoms with Gasteiger partial charge in [-0.25, -0.2) is 4.98 Å². The van der Waals surface area contributed by atoms with Gasteiger partial charge in [-0.15, -0.1) is 24.8 Å². The number of morpholine rings is 1. The van der Waals surface area contributed by atoms with E-state index in [4.69, 9.17) is 4.74 Å². The number of aromatic nitrogens is 2. The van der Waals surface area contributed by atoms with Gasteiger partial charge in [-0.1, -0.05) is 12.1 Å². The Labute approximate surface area is 134 Å². The molecule has 0 radical (unpaired) electrons. The number of rotatable bonds is 3. The summed E-state index contributed by atoms with van der Waals surface area (Å²) in [5.41, 5.74) is 1.88. The molecule has 116 valence electrons. The first-order valence-corrected chi connectivity index (χ1v) is 6.36. The quantitative estimate of drug-likeness (QED) is 0.783. The van der Waals surface area contributed by atoms with Crippen molar-refractivity contribution < 1.29 is 9.53 Å². The lowest BCUT2D eigenvalue weighted by atomic mass is 10.3. The van der Waals surface area contributed by atoms with Crippen LogP contribution in [-0.2, 0) is 16.1 Å². The minimum atomic E-state index is -0.405. The smallest absolute Gasteiger partial charge is 0.250 e. The molecule has 0 spiro atoms. The van der Waals surface area contributed by atoms with Crippen molar-refractivity contribution in [1.29, 1.82) is 0 Å². The van der Waals surface area contributed by atoms with Crippen molar-refractivity contribution in [1.82, 2.24) is 20.6 Å². The Kier molecular flexibility index (Phi) is 6.91. The highest BCUT2D eigenvalue weighted by Crippen LogP contribution is 2.10. The number of nitrogens with one attached hydrogen (secondary N) is 3. The summed E-state index contributed by atoms with van der Waals surface area (Å²) in [5.74, 6) is 0.644. The van der Waals surface area contributed by atoms with E-state index in [0.717, 1.165) is 23.4 Å². The fraction of sp³-hybridized carbons (Fsp3) is 0.385. The van der Waals surface area contributed by atoms with E-state index in [1.165, 1.54) is 0 Å². The second-order valence-electron chi connectivity index (χ2n) is 4.48. The van der Waals surface area contributed by atoms with Crippen LogP contribution >= 0.6 is 24.8 Å². The van der Waals surface area contributed by atoms with Gasteiger partial charge in [-0.3, -0.25) is 4.79 Å². The van der Waals surface area contributed by atoms with E-state index in [1.807, 2.05) is 24.3 Å². The Hall–Kier alpha value is -1.34. The highest BCUT2D eigenvalue weighted by molar-refractivity contribution is 5.85. The van der Waals surface area contributed by atoms with Crippen molar-refractivity contribution in [3.63, 3.8) is 0 Å². The Morgan fingerprint density at radius 1 is 1.38 bits per heavy atom. The van der Waals surface area contributed by atoms with E-state index >= 15 is 0 Å². The van der Waals surface area contributed by atoms with Crippen molar-refractivity contribution in [3.8, 4) is 0 Å². The molecule has 0 bridgehead atoms. The molecule has 1 aliphatic heterocycles. The molecule has 1 aromatic carbocycles. The predicted molar refractivity (Wildman–Crippen MR) is 85.0 cm³/mol. The molecule has 3 rings (SSSR count). The maximum Gasteiger partial charge on any atom is 0.250 e. The third-order valence-corrected chi connectivity index (χ3v) is 3.09. The second-order valence-corrected chi connectivity index (χ2v) is 4.48. The van der Waals surface area contributed by atoms with Gasteiger partial charge in [0.25, 0.3) is 5.91 Å². The Bertz CT molecular complexity index is 551. The first-order valence-electron chi connectivity index (χ1n) is 6.36. The number of nitrogens with zero attached hydrogens (tertiary/aromatic N) is 1. The topological polar surface area (TPSA) is 79.0 Å². The number of fused-ring (bicyclic) bond motifs is 1. The number of ether oxygens (including phenoxy) is 1. The number of para-hydroxylation sites is 2. The molecule has 1 aromatic heterocycles. The Balaban J connectivity index is 0.00000110. The molecule has 1 atom stereocenters. The number of carbonyl (C=O) groups excluding carboxylic acids is 1. The van der Waals surface area contributed by atoms with Crippen LogP contribution in [0.4, 0.5) is 0 Å². The molecule has 1 unspecified atom stereocenters. The molecule has 3 N–H and O–H groups in total. The van der Waals surface area contributed by atoms with Crippen LogP contribution in [0.1, 0.15) is 5.82 Å². The molecule has 1 aliphatic rings. The normalized spacial score (nSPS) is 17.6. The second kappa shape index (κ2) is 8.19. The summed E-state index contributed by atoms with van der Waals surface area (Å²) < 4.78 is 5.38. The third-order valence-electron chi connectivity index (χ3n) is 3.09. The van der Waals surface area contributed by atoms with Crippen molar-refractivity contribution >= 4 is 41.8 Å². The van der Waals surface area contributed by atoms with Gasteiger partial charge >= 0.3 is 0 Å². The number of halogens is 2. The zero-order chi connectivity index (χ0) is 13.1. The maximum absolute atomic E-state index is 11.9. The fourth-order valence-electron chi connectivity index (χ4n) is 2.11. The monoisotopic (exact) mass is 332 g/mol. The van der Waals surface area contributed by atoms with Crippen molar-refractivity contribution in [2.24, 2.45) is 0 Å². The molecule has 2 heterocycles. The van der Waals surface area contributed by atoms with E-state index in [0.29, 0.717) is 19.7 Å². The van der Waals surface area contributed by atoms with Gasteiger partial charge < -0.3 is 20.4 Å². The average Bonchev–Trinajstić information content (AvgIpc) is 2.88. The SMILES string of the molecule is Cl.Cl.O=C(NCc1nc2ccccc2[nH]1)C1CNCCO1. The molecule has 1 fully saturated rings. The third kappa shape index (κ3) is 4.31. The van der Waals surface area contributed by atoms with Crippen LogP contribution in [0.2, 0.25) is 0 Å². The lowest BCUT2D eigenvalue weighted by molar-refractivity contribution is -0.134. The van der Waals surface area contributed by atoms with Crippen LogP contribution in [0.25, 0.3) is 11.0 Å². The summed E-state index contributed by atoms with van der Waals surface area (Å²) in [7, 11) is 0. The number of carbonyl (C=O) groups is 1. The number of amides is 1. The summed E-state index contributed by atoms with van der Waals surface area (Å²) in [6.45, 7) is 2.31. The summed E-state index contributed by atoms with van der Waals surface area (Å²) >= 11 is 0. The van der Waals surface area contributed by atoms with Gasteiger partial charge in [-0.05, 0) is 12.1 Å². The number of H-pyrrole nitrogens is 1. The minimum absolute atomic E-state index is 0. The van der Waals surface area contributed by atoms with Gasteiger partial charge in [-0.2, -0.15) is 0 Å². The van der Waals surface area contributed by atoms with Crippen molar-refractivity contribution in [2.45, 2.75) is 12.6 Å². The summed E-state index contributed by atoms with van der Waals surface area (Å²) in [4.78, 5) is 19.4. The zero-order valence-electron chi connectivity index (χ0n) is 11.3. The van der Waals surface area contributed by atoms with Crippen LogP contribution < -0.4 is 10.6 Å². The van der Waals surface area contributed by atoms with Gasteiger partial charge in [0, 0.05) is 13.1 Å². The largest absolute Gasteiger partial charge is 0.366 e. The number of imidazole rings is 1. The van der Waals surface area contributed by atoms with Crippen molar-refractivity contribution in [2.75, 3.05) is 19.7 Å². The van der Waals surface area contributed by atoms with Gasteiger partial charge in [0.05, 0.1) is 24.2 Å². The molecule has 0 saturated carbocycles. The molecule has 1 amide bonds. The molecule has 0 aliphatic carbocycles. The number of hydrogen-bond donors (Lipinski definition) is 3. The van der Waals surface area contributed by atoms with E-state index in [1.54, 1.807) is 0 Å². The molecule has 1 saturated heterocycles. The van der Waals surface area contributed by atoms with Crippen LogP contribution in [0, 0.1) is 0 Å². The first-order chi connectivity index (χ1) is 9.33. The molecule has 6 nitrogen and oxygen atoms in total. The maximum atomic E-state index is 11.9. The first kappa shape index (κ1) is 17.7. The average molecular weight is 333 g/mol. The number of hydrogen-bond acceptors (Lipinski definition) is 4. The molecule has 21 heavy (non-hydrogen) atoms. The van der Waals surface area contributed by atoms with Crippen LogP contribution in [0.5, 0.6) is 0 Å². The van der Waals surface area contributed by atoms with Crippen LogP contribution in [0.15, 0.2) is 24.3 Å². The Morgan fingerprint density at radius 2 is 2.19 bits per heavy atom. The number of benzene rings is 1. The Morgan fingerprint density at radius 3 is 2.90 bits per heavy atom.